The molecule has 0 spiro atoms. The number of hydrogen-bond donors (Lipinski definition) is 1. The van der Waals surface area contributed by atoms with E-state index in [1.54, 1.807) is 4.31 Å². The highest BCUT2D eigenvalue weighted by atomic mass is 32.2. The molecule has 4 nitrogen and oxygen atoms in total. The number of thiophene rings is 1. The maximum atomic E-state index is 13.0. The Kier molecular flexibility index (Phi) is 6.64. The van der Waals surface area contributed by atoms with E-state index in [1.807, 2.05) is 26.2 Å². The predicted molar refractivity (Wildman–Crippen MR) is 85.5 cm³/mol. The summed E-state index contributed by atoms with van der Waals surface area (Å²) in [6.07, 6.45) is 2.67. The largest absolute Gasteiger partial charge is 0.326 e. The summed E-state index contributed by atoms with van der Waals surface area (Å²) in [7, 11) is -3.45. The van der Waals surface area contributed by atoms with Crippen LogP contribution in [0.1, 0.15) is 50.5 Å². The minimum atomic E-state index is -3.45. The van der Waals surface area contributed by atoms with Crippen LogP contribution in [0.15, 0.2) is 10.3 Å². The lowest BCUT2D eigenvalue weighted by Crippen LogP contribution is -2.39. The molecule has 1 rings (SSSR count). The third-order valence-corrected chi connectivity index (χ3v) is 7.06. The first-order chi connectivity index (χ1) is 9.39. The van der Waals surface area contributed by atoms with Gasteiger partial charge in [0.1, 0.15) is 4.90 Å². The van der Waals surface area contributed by atoms with Gasteiger partial charge in [0.2, 0.25) is 10.0 Å². The highest BCUT2D eigenvalue weighted by molar-refractivity contribution is 7.89. The molecular formula is C14H26N2O2S2. The van der Waals surface area contributed by atoms with Gasteiger partial charge in [0, 0.05) is 24.0 Å². The number of sulfonamides is 1. The van der Waals surface area contributed by atoms with Crippen LogP contribution in [-0.2, 0) is 16.6 Å². The molecule has 116 valence electrons. The van der Waals surface area contributed by atoms with Gasteiger partial charge in [0.05, 0.1) is 0 Å². The first-order valence-electron chi connectivity index (χ1n) is 7.18. The monoisotopic (exact) mass is 318 g/mol. The van der Waals surface area contributed by atoms with Crippen molar-refractivity contribution in [2.75, 3.05) is 6.54 Å². The van der Waals surface area contributed by atoms with Crippen LogP contribution >= 0.6 is 11.3 Å². The van der Waals surface area contributed by atoms with E-state index in [0.29, 0.717) is 11.4 Å². The third-order valence-electron chi connectivity index (χ3n) is 3.56. The summed E-state index contributed by atoms with van der Waals surface area (Å²) in [4.78, 5) is 1.19. The molecule has 1 atom stereocenters. The van der Waals surface area contributed by atoms with Crippen molar-refractivity contribution in [3.8, 4) is 0 Å². The third kappa shape index (κ3) is 3.61. The van der Waals surface area contributed by atoms with Crippen molar-refractivity contribution in [3.05, 3.63) is 15.8 Å². The van der Waals surface area contributed by atoms with Crippen molar-refractivity contribution in [2.24, 2.45) is 5.73 Å². The van der Waals surface area contributed by atoms with Crippen molar-refractivity contribution in [1.29, 1.82) is 0 Å². The van der Waals surface area contributed by atoms with E-state index in [-0.39, 0.29) is 12.6 Å². The molecule has 0 aromatic carbocycles. The fourth-order valence-electron chi connectivity index (χ4n) is 2.19. The average Bonchev–Trinajstić information content (AvgIpc) is 2.80. The lowest BCUT2D eigenvalue weighted by atomic mass is 10.2. The van der Waals surface area contributed by atoms with Gasteiger partial charge >= 0.3 is 0 Å². The molecule has 1 unspecified atom stereocenters. The maximum absolute atomic E-state index is 13.0. The molecule has 2 N–H and O–H groups in total. The zero-order valence-corrected chi connectivity index (χ0v) is 14.5. The summed E-state index contributed by atoms with van der Waals surface area (Å²) in [5, 5.41) is 1.88. The zero-order chi connectivity index (χ0) is 15.3. The minimum Gasteiger partial charge on any atom is -0.326 e. The molecule has 6 heteroatoms. The van der Waals surface area contributed by atoms with Gasteiger partial charge in [-0.2, -0.15) is 4.31 Å². The van der Waals surface area contributed by atoms with Gasteiger partial charge in [-0.15, -0.1) is 11.3 Å². The van der Waals surface area contributed by atoms with Gasteiger partial charge in [0.25, 0.3) is 0 Å². The van der Waals surface area contributed by atoms with Crippen molar-refractivity contribution in [1.82, 2.24) is 4.31 Å². The van der Waals surface area contributed by atoms with Crippen LogP contribution in [0.3, 0.4) is 0 Å². The Balaban J connectivity index is 3.25. The number of aryl methyl sites for hydroxylation is 1. The second-order valence-corrected chi connectivity index (χ2v) is 7.89. The van der Waals surface area contributed by atoms with Crippen molar-refractivity contribution < 1.29 is 8.42 Å². The Hall–Kier alpha value is -0.430. The molecule has 0 radical (unpaired) electrons. The van der Waals surface area contributed by atoms with Gasteiger partial charge in [-0.05, 0) is 37.6 Å². The molecular weight excluding hydrogens is 292 g/mol. The zero-order valence-electron chi connectivity index (χ0n) is 12.8. The van der Waals surface area contributed by atoms with E-state index < -0.39 is 10.0 Å². The number of hydrogen-bond acceptors (Lipinski definition) is 4. The number of unbranched alkanes of at least 4 members (excludes halogenated alkanes) is 1. The Morgan fingerprint density at radius 3 is 2.55 bits per heavy atom. The lowest BCUT2D eigenvalue weighted by Gasteiger charge is -2.28. The minimum absolute atomic E-state index is 0.0106. The van der Waals surface area contributed by atoms with Crippen LogP contribution in [0.4, 0.5) is 0 Å². The maximum Gasteiger partial charge on any atom is 0.244 e. The molecule has 0 saturated carbocycles. The van der Waals surface area contributed by atoms with Crippen LogP contribution in [-0.4, -0.2) is 25.3 Å². The van der Waals surface area contributed by atoms with Crippen molar-refractivity contribution in [3.63, 3.8) is 0 Å². The van der Waals surface area contributed by atoms with E-state index in [9.17, 15) is 8.42 Å². The first-order valence-corrected chi connectivity index (χ1v) is 9.50. The Morgan fingerprint density at radius 2 is 2.05 bits per heavy atom. The van der Waals surface area contributed by atoms with Crippen LogP contribution in [0.2, 0.25) is 0 Å². The fraction of sp³-hybridized carbons (Fsp3) is 0.714. The SMILES string of the molecule is CCCCN(C(C)CC)S(=O)(=O)c1c(C)csc1CN. The quantitative estimate of drug-likeness (QED) is 0.801. The Morgan fingerprint density at radius 1 is 1.40 bits per heavy atom. The summed E-state index contributed by atoms with van der Waals surface area (Å²) in [6.45, 7) is 8.75. The van der Waals surface area contributed by atoms with Crippen molar-refractivity contribution >= 4 is 21.4 Å². The smallest absolute Gasteiger partial charge is 0.244 e. The fourth-order valence-corrected chi connectivity index (χ4v) is 5.59. The topological polar surface area (TPSA) is 63.4 Å². The molecule has 0 fully saturated rings. The first kappa shape index (κ1) is 17.6. The molecule has 0 amide bonds. The summed E-state index contributed by atoms with van der Waals surface area (Å²) in [5.74, 6) is 0. The van der Waals surface area contributed by atoms with Gasteiger partial charge in [-0.25, -0.2) is 8.42 Å². The predicted octanol–water partition coefficient (Wildman–Crippen LogP) is 3.10. The van der Waals surface area contributed by atoms with E-state index >= 15 is 0 Å². The molecule has 1 aromatic heterocycles. The number of rotatable bonds is 8. The molecule has 1 heterocycles. The molecule has 0 saturated heterocycles. The van der Waals surface area contributed by atoms with E-state index in [2.05, 4.69) is 6.92 Å². The van der Waals surface area contributed by atoms with Gasteiger partial charge < -0.3 is 5.73 Å². The molecule has 20 heavy (non-hydrogen) atoms. The standard InChI is InChI=1S/C14H26N2O2S2/c1-5-7-8-16(12(4)6-2)20(17,18)14-11(3)10-19-13(14)9-15/h10,12H,5-9,15H2,1-4H3. The van der Waals surface area contributed by atoms with Crippen LogP contribution < -0.4 is 5.73 Å². The normalized spacial score (nSPS) is 13.9. The summed E-state index contributed by atoms with van der Waals surface area (Å²) >= 11 is 1.43. The van der Waals surface area contributed by atoms with E-state index in [0.717, 1.165) is 29.7 Å². The lowest BCUT2D eigenvalue weighted by molar-refractivity contribution is 0.324. The average molecular weight is 319 g/mol. The number of nitrogens with two attached hydrogens (primary N) is 1. The van der Waals surface area contributed by atoms with E-state index in [1.165, 1.54) is 11.3 Å². The summed E-state index contributed by atoms with van der Waals surface area (Å²) < 4.78 is 27.6. The Labute approximate surface area is 127 Å². The van der Waals surface area contributed by atoms with Gasteiger partial charge in [0.15, 0.2) is 0 Å². The molecule has 1 aromatic rings. The summed E-state index contributed by atoms with van der Waals surface area (Å²) in [5.41, 5.74) is 6.50. The molecule has 0 aliphatic rings. The van der Waals surface area contributed by atoms with Crippen molar-refractivity contribution in [2.45, 2.75) is 64.4 Å². The second-order valence-electron chi connectivity index (χ2n) is 5.10. The molecule has 0 bridgehead atoms. The van der Waals surface area contributed by atoms with Crippen LogP contribution in [0.5, 0.6) is 0 Å². The second kappa shape index (κ2) is 7.54. The Bertz CT molecular complexity index is 523. The van der Waals surface area contributed by atoms with Crippen LogP contribution in [0.25, 0.3) is 0 Å². The van der Waals surface area contributed by atoms with Gasteiger partial charge in [-0.3, -0.25) is 0 Å². The van der Waals surface area contributed by atoms with Gasteiger partial charge in [-0.1, -0.05) is 20.3 Å². The molecule has 0 aliphatic carbocycles. The highest BCUT2D eigenvalue weighted by Crippen LogP contribution is 2.30. The van der Waals surface area contributed by atoms with E-state index in [4.69, 9.17) is 5.73 Å². The molecule has 0 aliphatic heterocycles. The highest BCUT2D eigenvalue weighted by Gasteiger charge is 2.31. The summed E-state index contributed by atoms with van der Waals surface area (Å²) in [6, 6.07) is 0.0106. The van der Waals surface area contributed by atoms with Crippen LogP contribution in [0, 0.1) is 6.92 Å². The number of nitrogens with zero attached hydrogens (tertiary/aromatic N) is 1.